The molecule has 0 spiro atoms. The van der Waals surface area contributed by atoms with Crippen molar-refractivity contribution in [3.8, 4) is 0 Å². The van der Waals surface area contributed by atoms with Gasteiger partial charge in [0, 0.05) is 10.0 Å². The molecule has 1 rings (SSSR count). The summed E-state index contributed by atoms with van der Waals surface area (Å²) in [5.74, 6) is -2.45. The first-order valence-electron chi connectivity index (χ1n) is 5.61. The van der Waals surface area contributed by atoms with Gasteiger partial charge in [0.25, 0.3) is 5.91 Å². The number of carbonyl (C=O) groups excluding carboxylic acids is 2. The minimum atomic E-state index is -1.67. The Kier molecular flexibility index (Phi) is 6.13. The van der Waals surface area contributed by atoms with E-state index in [0.29, 0.717) is 5.56 Å². The van der Waals surface area contributed by atoms with Gasteiger partial charge < -0.3 is 20.8 Å². The topological polar surface area (TPSA) is 116 Å². The third-order valence-corrected chi connectivity index (χ3v) is 2.77. The molecule has 108 valence electrons. The Morgan fingerprint density at radius 2 is 1.95 bits per heavy atom. The Morgan fingerprint density at radius 1 is 1.25 bits per heavy atom. The van der Waals surface area contributed by atoms with Crippen LogP contribution in [-0.2, 0) is 9.59 Å². The molecule has 4 N–H and O–H groups in total. The van der Waals surface area contributed by atoms with Crippen molar-refractivity contribution in [3.63, 3.8) is 0 Å². The van der Waals surface area contributed by atoms with Crippen molar-refractivity contribution < 1.29 is 24.6 Å². The van der Waals surface area contributed by atoms with E-state index in [1.165, 1.54) is 0 Å². The van der Waals surface area contributed by atoms with E-state index < -0.39 is 30.4 Å². The number of aliphatic carboxylic acids is 1. The second kappa shape index (κ2) is 7.61. The Hall–Kier alpha value is -1.93. The molecule has 1 unspecified atom stereocenters. The minimum Gasteiger partial charge on any atom is -0.479 e. The summed E-state index contributed by atoms with van der Waals surface area (Å²) in [6, 6.07) is 6.63. The van der Waals surface area contributed by atoms with Crippen LogP contribution in [0.5, 0.6) is 0 Å². The van der Waals surface area contributed by atoms with E-state index in [1.807, 2.05) is 0 Å². The summed E-state index contributed by atoms with van der Waals surface area (Å²) < 4.78 is 0.735. The van der Waals surface area contributed by atoms with Gasteiger partial charge in [-0.3, -0.25) is 9.59 Å². The maximum absolute atomic E-state index is 11.7. The van der Waals surface area contributed by atoms with Gasteiger partial charge in [-0.2, -0.15) is 0 Å². The number of halogens is 1. The number of carboxylic acids is 1. The molecule has 1 aromatic rings. The van der Waals surface area contributed by atoms with Crippen molar-refractivity contribution in [1.82, 2.24) is 10.6 Å². The average molecular weight is 345 g/mol. The number of benzene rings is 1. The van der Waals surface area contributed by atoms with Crippen LogP contribution in [-0.4, -0.2) is 47.2 Å². The first-order chi connectivity index (χ1) is 9.40. The van der Waals surface area contributed by atoms with E-state index in [-0.39, 0.29) is 6.54 Å². The van der Waals surface area contributed by atoms with Crippen LogP contribution in [0.1, 0.15) is 10.4 Å². The lowest BCUT2D eigenvalue weighted by Crippen LogP contribution is -2.41. The number of aliphatic hydroxyl groups is 1. The number of amides is 2. The van der Waals surface area contributed by atoms with Gasteiger partial charge in [0.1, 0.15) is 0 Å². The van der Waals surface area contributed by atoms with E-state index in [9.17, 15) is 14.4 Å². The zero-order valence-corrected chi connectivity index (χ0v) is 11.9. The van der Waals surface area contributed by atoms with Gasteiger partial charge in [-0.15, -0.1) is 0 Å². The summed E-state index contributed by atoms with van der Waals surface area (Å²) in [6.07, 6.45) is -1.67. The summed E-state index contributed by atoms with van der Waals surface area (Å²) >= 11 is 3.22. The molecule has 0 bridgehead atoms. The fourth-order valence-electron chi connectivity index (χ4n) is 1.25. The highest BCUT2D eigenvalue weighted by Crippen LogP contribution is 2.11. The second-order valence-electron chi connectivity index (χ2n) is 3.85. The van der Waals surface area contributed by atoms with Crippen LogP contribution >= 0.6 is 15.9 Å². The summed E-state index contributed by atoms with van der Waals surface area (Å²) in [5, 5.41) is 21.9. The molecule has 0 heterocycles. The van der Waals surface area contributed by atoms with Crippen LogP contribution in [0.4, 0.5) is 0 Å². The molecule has 20 heavy (non-hydrogen) atoms. The van der Waals surface area contributed by atoms with Crippen LogP contribution in [0.2, 0.25) is 0 Å². The van der Waals surface area contributed by atoms with Crippen molar-refractivity contribution in [2.75, 3.05) is 13.1 Å². The molecule has 1 atom stereocenters. The molecule has 0 fully saturated rings. The maximum Gasteiger partial charge on any atom is 0.334 e. The van der Waals surface area contributed by atoms with Crippen LogP contribution in [0.25, 0.3) is 0 Å². The number of carboxylic acid groups (broad SMARTS) is 1. The molecule has 0 aliphatic carbocycles. The van der Waals surface area contributed by atoms with Gasteiger partial charge in [0.15, 0.2) is 6.10 Å². The molecule has 0 aromatic heterocycles. The fraction of sp³-hybridized carbons (Fsp3) is 0.250. The standard InChI is InChI=1S/C12H13BrN2O5/c13-8-3-1-2-7(4-8)11(18)15-6-10(17)14-5-9(16)12(19)20/h1-4,9,16H,5-6H2,(H,14,17)(H,15,18)(H,19,20). The van der Waals surface area contributed by atoms with E-state index in [4.69, 9.17) is 10.2 Å². The largest absolute Gasteiger partial charge is 0.479 e. The highest BCUT2D eigenvalue weighted by Gasteiger charge is 2.14. The summed E-state index contributed by atoms with van der Waals surface area (Å²) in [7, 11) is 0. The Balaban J connectivity index is 2.37. The Bertz CT molecular complexity index is 520. The van der Waals surface area contributed by atoms with Gasteiger partial charge in [-0.05, 0) is 18.2 Å². The molecule has 0 aliphatic rings. The number of aliphatic hydroxyl groups excluding tert-OH is 1. The average Bonchev–Trinajstić information content (AvgIpc) is 2.41. The third-order valence-electron chi connectivity index (χ3n) is 2.27. The Labute approximate surface area is 123 Å². The predicted octanol–water partition coefficient (Wildman–Crippen LogP) is -0.259. The minimum absolute atomic E-state index is 0.308. The van der Waals surface area contributed by atoms with Crippen LogP contribution in [0.3, 0.4) is 0 Å². The monoisotopic (exact) mass is 344 g/mol. The number of hydrogen-bond donors (Lipinski definition) is 4. The summed E-state index contributed by atoms with van der Waals surface area (Å²) in [4.78, 5) is 33.3. The van der Waals surface area contributed by atoms with Gasteiger partial charge >= 0.3 is 5.97 Å². The molecule has 0 saturated carbocycles. The molecular weight excluding hydrogens is 332 g/mol. The highest BCUT2D eigenvalue weighted by atomic mass is 79.9. The molecule has 0 saturated heterocycles. The normalized spacial score (nSPS) is 11.5. The van der Waals surface area contributed by atoms with Crippen LogP contribution in [0.15, 0.2) is 28.7 Å². The molecular formula is C12H13BrN2O5. The van der Waals surface area contributed by atoms with E-state index in [2.05, 4.69) is 26.6 Å². The summed E-state index contributed by atoms with van der Waals surface area (Å²) in [6.45, 7) is -0.724. The van der Waals surface area contributed by atoms with Gasteiger partial charge in [-0.25, -0.2) is 4.79 Å². The zero-order chi connectivity index (χ0) is 15.1. The predicted molar refractivity (Wildman–Crippen MR) is 73.1 cm³/mol. The van der Waals surface area contributed by atoms with Crippen LogP contribution in [0, 0.1) is 0 Å². The number of nitrogens with one attached hydrogen (secondary N) is 2. The van der Waals surface area contributed by atoms with Crippen molar-refractivity contribution in [1.29, 1.82) is 0 Å². The third kappa shape index (κ3) is 5.37. The van der Waals surface area contributed by atoms with Gasteiger partial charge in [0.2, 0.25) is 5.91 Å². The fourth-order valence-corrected chi connectivity index (χ4v) is 1.65. The lowest BCUT2D eigenvalue weighted by molar-refractivity contribution is -0.146. The van der Waals surface area contributed by atoms with Gasteiger partial charge in [-0.1, -0.05) is 22.0 Å². The first-order valence-corrected chi connectivity index (χ1v) is 6.41. The van der Waals surface area contributed by atoms with Gasteiger partial charge in [0.05, 0.1) is 13.1 Å². The maximum atomic E-state index is 11.7. The molecule has 7 nitrogen and oxygen atoms in total. The Morgan fingerprint density at radius 3 is 2.55 bits per heavy atom. The van der Waals surface area contributed by atoms with Crippen molar-refractivity contribution in [2.24, 2.45) is 0 Å². The molecule has 8 heteroatoms. The van der Waals surface area contributed by atoms with E-state index in [0.717, 1.165) is 4.47 Å². The SMILES string of the molecule is O=C(CNC(=O)c1cccc(Br)c1)NCC(O)C(=O)O. The molecule has 0 radical (unpaired) electrons. The lowest BCUT2D eigenvalue weighted by Gasteiger charge is -2.09. The second-order valence-corrected chi connectivity index (χ2v) is 4.77. The molecule has 0 aliphatic heterocycles. The number of carbonyl (C=O) groups is 3. The number of hydrogen-bond acceptors (Lipinski definition) is 4. The highest BCUT2D eigenvalue weighted by molar-refractivity contribution is 9.10. The van der Waals surface area contributed by atoms with E-state index >= 15 is 0 Å². The van der Waals surface area contributed by atoms with Crippen molar-refractivity contribution in [3.05, 3.63) is 34.3 Å². The quantitative estimate of drug-likeness (QED) is 0.567. The smallest absolute Gasteiger partial charge is 0.334 e. The number of rotatable bonds is 6. The molecule has 1 aromatic carbocycles. The van der Waals surface area contributed by atoms with Crippen molar-refractivity contribution >= 4 is 33.7 Å². The van der Waals surface area contributed by atoms with Crippen LogP contribution < -0.4 is 10.6 Å². The lowest BCUT2D eigenvalue weighted by atomic mass is 10.2. The van der Waals surface area contributed by atoms with E-state index in [1.54, 1.807) is 24.3 Å². The zero-order valence-electron chi connectivity index (χ0n) is 10.3. The molecule has 2 amide bonds. The van der Waals surface area contributed by atoms with Crippen molar-refractivity contribution in [2.45, 2.75) is 6.10 Å². The summed E-state index contributed by atoms with van der Waals surface area (Å²) in [5.41, 5.74) is 0.387. The first kappa shape index (κ1) is 16.1.